The summed E-state index contributed by atoms with van der Waals surface area (Å²) < 4.78 is 37.9. The van der Waals surface area contributed by atoms with E-state index in [1.807, 2.05) is 6.92 Å². The van der Waals surface area contributed by atoms with E-state index in [0.717, 1.165) is 43.9 Å². The van der Waals surface area contributed by atoms with Crippen molar-refractivity contribution in [2.24, 2.45) is 40.4 Å². The number of halogens is 3. The van der Waals surface area contributed by atoms with Gasteiger partial charge in [-0.25, -0.2) is 0 Å². The molecule has 0 bridgehead atoms. The second-order valence-corrected chi connectivity index (χ2v) is 12.2. The molecule has 4 rings (SSSR count). The van der Waals surface area contributed by atoms with Crippen LogP contribution in [0.15, 0.2) is 0 Å². The molecule has 2 nitrogen and oxygen atoms in total. The van der Waals surface area contributed by atoms with Crippen LogP contribution in [-0.2, 0) is 0 Å². The maximum absolute atomic E-state index is 12.6. The van der Waals surface area contributed by atoms with Gasteiger partial charge in [-0.1, -0.05) is 20.3 Å². The molecule has 30 heavy (non-hydrogen) atoms. The zero-order chi connectivity index (χ0) is 21.9. The third-order valence-electron chi connectivity index (χ3n) is 10.6. The van der Waals surface area contributed by atoms with E-state index in [0.29, 0.717) is 29.6 Å². The average Bonchev–Trinajstić information content (AvgIpc) is 2.98. The van der Waals surface area contributed by atoms with Gasteiger partial charge in [-0.05, 0) is 118 Å². The molecule has 1 unspecified atom stereocenters. The van der Waals surface area contributed by atoms with Gasteiger partial charge in [0.2, 0.25) is 0 Å². The van der Waals surface area contributed by atoms with Crippen molar-refractivity contribution in [3.05, 3.63) is 0 Å². The molecule has 0 aromatic heterocycles. The van der Waals surface area contributed by atoms with Gasteiger partial charge in [0.1, 0.15) is 6.10 Å². The van der Waals surface area contributed by atoms with Gasteiger partial charge in [0.15, 0.2) is 0 Å². The Labute approximate surface area is 180 Å². The Morgan fingerprint density at radius 3 is 2.30 bits per heavy atom. The topological polar surface area (TPSA) is 40.5 Å². The van der Waals surface area contributed by atoms with E-state index in [9.17, 15) is 23.4 Å². The number of hydrogen-bond donors (Lipinski definition) is 2. The lowest BCUT2D eigenvalue weighted by Crippen LogP contribution is -2.55. The fourth-order valence-electron chi connectivity index (χ4n) is 8.74. The molecule has 0 aliphatic heterocycles. The molecular weight excluding hydrogens is 389 g/mol. The minimum Gasteiger partial charge on any atom is -0.390 e. The van der Waals surface area contributed by atoms with E-state index >= 15 is 0 Å². The fourth-order valence-corrected chi connectivity index (χ4v) is 8.74. The first-order valence-electron chi connectivity index (χ1n) is 12.3. The minimum absolute atomic E-state index is 0.160. The Hall–Kier alpha value is -0.290. The number of aliphatic hydroxyl groups excluding tert-OH is 1. The number of aliphatic hydroxyl groups is 2. The highest BCUT2D eigenvalue weighted by atomic mass is 19.4. The first kappa shape index (κ1) is 22.9. The second-order valence-electron chi connectivity index (χ2n) is 12.2. The Bertz CT molecular complexity index is 632. The first-order chi connectivity index (χ1) is 13.9. The molecular formula is C25H41F3O2. The summed E-state index contributed by atoms with van der Waals surface area (Å²) in [4.78, 5) is 0. The molecule has 0 aromatic rings. The minimum atomic E-state index is -4.49. The summed E-state index contributed by atoms with van der Waals surface area (Å²) in [6.07, 6.45) is 4.76. The van der Waals surface area contributed by atoms with Gasteiger partial charge in [-0.2, -0.15) is 13.2 Å². The van der Waals surface area contributed by atoms with E-state index in [-0.39, 0.29) is 11.8 Å². The van der Waals surface area contributed by atoms with Gasteiger partial charge in [0.05, 0.1) is 5.60 Å². The van der Waals surface area contributed by atoms with Crippen LogP contribution in [0.25, 0.3) is 0 Å². The predicted molar refractivity (Wildman–Crippen MR) is 112 cm³/mol. The molecule has 4 aliphatic rings. The zero-order valence-electron chi connectivity index (χ0n) is 19.0. The van der Waals surface area contributed by atoms with Crippen LogP contribution in [0.1, 0.15) is 97.8 Å². The molecule has 0 aromatic carbocycles. The van der Waals surface area contributed by atoms with E-state index in [1.165, 1.54) is 32.1 Å². The first-order valence-corrected chi connectivity index (χ1v) is 12.3. The summed E-state index contributed by atoms with van der Waals surface area (Å²) in [7, 11) is 0. The van der Waals surface area contributed by atoms with Crippen LogP contribution in [0.4, 0.5) is 13.2 Å². The standard InChI is InChI=1S/C25H41F3O2/c1-22(30)13-14-24(3)17(15-22)7-9-18-19-10-8-16(23(19,2)12-11-20(18)24)5-4-6-21(29)25(26,27)28/h16-21,29-30H,4-15H2,1-3H3/t16-,17-,18-,19-,20-,21?,22-,23+,24-/m0/s1. The van der Waals surface area contributed by atoms with Gasteiger partial charge in [0.25, 0.3) is 0 Å². The molecule has 0 heterocycles. The van der Waals surface area contributed by atoms with Crippen molar-refractivity contribution in [3.63, 3.8) is 0 Å². The van der Waals surface area contributed by atoms with Crippen molar-refractivity contribution in [3.8, 4) is 0 Å². The normalized spacial score (nSPS) is 49.8. The molecule has 4 saturated carbocycles. The molecule has 4 fully saturated rings. The van der Waals surface area contributed by atoms with Crippen molar-refractivity contribution in [1.82, 2.24) is 0 Å². The highest BCUT2D eigenvalue weighted by Crippen LogP contribution is 2.68. The fraction of sp³-hybridized carbons (Fsp3) is 1.00. The van der Waals surface area contributed by atoms with Crippen LogP contribution in [0.2, 0.25) is 0 Å². The summed E-state index contributed by atoms with van der Waals surface area (Å²) >= 11 is 0. The van der Waals surface area contributed by atoms with E-state index in [4.69, 9.17) is 0 Å². The van der Waals surface area contributed by atoms with Crippen molar-refractivity contribution >= 4 is 0 Å². The average molecular weight is 431 g/mol. The van der Waals surface area contributed by atoms with E-state index < -0.39 is 17.9 Å². The smallest absolute Gasteiger partial charge is 0.390 e. The van der Waals surface area contributed by atoms with Crippen molar-refractivity contribution < 1.29 is 23.4 Å². The summed E-state index contributed by atoms with van der Waals surface area (Å²) in [6, 6.07) is 0. The molecule has 174 valence electrons. The second kappa shape index (κ2) is 7.64. The lowest BCUT2D eigenvalue weighted by molar-refractivity contribution is -0.205. The van der Waals surface area contributed by atoms with Crippen LogP contribution in [0, 0.1) is 40.4 Å². The van der Waals surface area contributed by atoms with Crippen LogP contribution in [0.5, 0.6) is 0 Å². The number of hydrogen-bond acceptors (Lipinski definition) is 2. The summed E-state index contributed by atoms with van der Waals surface area (Å²) in [5, 5.41) is 20.0. The zero-order valence-corrected chi connectivity index (χ0v) is 19.0. The van der Waals surface area contributed by atoms with Crippen molar-refractivity contribution in [1.29, 1.82) is 0 Å². The quantitative estimate of drug-likeness (QED) is 0.535. The molecule has 9 atom stereocenters. The largest absolute Gasteiger partial charge is 0.414 e. The lowest BCUT2D eigenvalue weighted by Gasteiger charge is -2.62. The van der Waals surface area contributed by atoms with E-state index in [2.05, 4.69) is 13.8 Å². The molecule has 2 N–H and O–H groups in total. The lowest BCUT2D eigenvalue weighted by atomic mass is 9.44. The summed E-state index contributed by atoms with van der Waals surface area (Å²) in [5.74, 6) is 3.33. The Balaban J connectivity index is 1.42. The molecule has 0 spiro atoms. The van der Waals surface area contributed by atoms with Gasteiger partial charge in [0, 0.05) is 0 Å². The van der Waals surface area contributed by atoms with Gasteiger partial charge < -0.3 is 10.2 Å². The number of alkyl halides is 3. The molecule has 5 heteroatoms. The van der Waals surface area contributed by atoms with Crippen molar-refractivity contribution in [2.45, 2.75) is 116 Å². The Kier molecular flexibility index (Phi) is 5.83. The SMILES string of the molecule is C[C@]1(O)CC[C@@]2(C)[C@@H](CC[C@@H]3[C@@H]2CC[C@]2(C)[C@@H](CCCC(O)C(F)(F)F)CC[C@@H]32)C1. The Morgan fingerprint density at radius 2 is 1.60 bits per heavy atom. The van der Waals surface area contributed by atoms with Gasteiger partial charge in [-0.15, -0.1) is 0 Å². The third-order valence-corrected chi connectivity index (χ3v) is 10.6. The van der Waals surface area contributed by atoms with E-state index in [1.54, 1.807) is 0 Å². The van der Waals surface area contributed by atoms with Crippen LogP contribution >= 0.6 is 0 Å². The monoisotopic (exact) mass is 430 g/mol. The van der Waals surface area contributed by atoms with Gasteiger partial charge in [-0.3, -0.25) is 0 Å². The Morgan fingerprint density at radius 1 is 0.900 bits per heavy atom. The molecule has 0 radical (unpaired) electrons. The van der Waals surface area contributed by atoms with Crippen molar-refractivity contribution in [2.75, 3.05) is 0 Å². The maximum atomic E-state index is 12.6. The molecule has 0 saturated heterocycles. The third kappa shape index (κ3) is 3.84. The predicted octanol–water partition coefficient (Wildman–Crippen LogP) is 6.49. The maximum Gasteiger partial charge on any atom is 0.414 e. The van der Waals surface area contributed by atoms with Crippen LogP contribution < -0.4 is 0 Å². The highest BCUT2D eigenvalue weighted by Gasteiger charge is 2.60. The molecule has 0 amide bonds. The highest BCUT2D eigenvalue weighted by molar-refractivity contribution is 5.10. The summed E-state index contributed by atoms with van der Waals surface area (Å²) in [6.45, 7) is 6.93. The van der Waals surface area contributed by atoms with Crippen LogP contribution in [-0.4, -0.2) is 28.1 Å². The van der Waals surface area contributed by atoms with Gasteiger partial charge >= 0.3 is 6.18 Å². The number of rotatable bonds is 4. The van der Waals surface area contributed by atoms with Crippen LogP contribution in [0.3, 0.4) is 0 Å². The molecule has 4 aliphatic carbocycles. The number of fused-ring (bicyclic) bond motifs is 5. The summed E-state index contributed by atoms with van der Waals surface area (Å²) in [5.41, 5.74) is 0.106.